The van der Waals surface area contributed by atoms with E-state index in [1.807, 2.05) is 52.3 Å². The minimum Gasteiger partial charge on any atom is -0.384 e. The lowest BCUT2D eigenvalue weighted by Gasteiger charge is -2.32. The SMILES string of the molecule is Nc1cc(-c2cccc(C(=O)N3CCC(CCn4cccn4)CC3)c2)ncn1. The summed E-state index contributed by atoms with van der Waals surface area (Å²) in [5.74, 6) is 1.14. The molecular formula is C21H24N6O. The molecule has 0 saturated carbocycles. The van der Waals surface area contributed by atoms with Crippen molar-refractivity contribution >= 4 is 11.7 Å². The van der Waals surface area contributed by atoms with Crippen molar-refractivity contribution in [3.63, 3.8) is 0 Å². The second-order valence-electron chi connectivity index (χ2n) is 7.20. The van der Waals surface area contributed by atoms with E-state index in [4.69, 9.17) is 5.73 Å². The van der Waals surface area contributed by atoms with Gasteiger partial charge in [-0.05, 0) is 43.4 Å². The van der Waals surface area contributed by atoms with Crippen molar-refractivity contribution in [2.75, 3.05) is 18.8 Å². The number of anilines is 1. The molecule has 1 saturated heterocycles. The summed E-state index contributed by atoms with van der Waals surface area (Å²) >= 11 is 0. The number of nitrogen functional groups attached to an aromatic ring is 1. The molecule has 2 N–H and O–H groups in total. The van der Waals surface area contributed by atoms with Crippen LogP contribution in [0, 0.1) is 5.92 Å². The van der Waals surface area contributed by atoms with Crippen LogP contribution in [-0.2, 0) is 6.54 Å². The summed E-state index contributed by atoms with van der Waals surface area (Å²) in [6.45, 7) is 2.54. The summed E-state index contributed by atoms with van der Waals surface area (Å²) in [4.78, 5) is 23.1. The summed E-state index contributed by atoms with van der Waals surface area (Å²) in [6.07, 6.45) is 8.42. The molecule has 1 aromatic carbocycles. The third kappa shape index (κ3) is 4.19. The minimum absolute atomic E-state index is 0.0782. The highest BCUT2D eigenvalue weighted by Crippen LogP contribution is 2.24. The van der Waals surface area contributed by atoms with Gasteiger partial charge in [0.25, 0.3) is 5.91 Å². The first-order valence-corrected chi connectivity index (χ1v) is 9.64. The fraction of sp³-hybridized carbons (Fsp3) is 0.333. The topological polar surface area (TPSA) is 89.9 Å². The fourth-order valence-electron chi connectivity index (χ4n) is 3.70. The summed E-state index contributed by atoms with van der Waals surface area (Å²) in [6, 6.07) is 11.2. The number of likely N-dealkylation sites (tertiary alicyclic amines) is 1. The van der Waals surface area contributed by atoms with Gasteiger partial charge in [0.2, 0.25) is 0 Å². The number of benzene rings is 1. The second-order valence-corrected chi connectivity index (χ2v) is 7.20. The predicted octanol–water partition coefficient (Wildman–Crippen LogP) is 2.86. The molecule has 7 heteroatoms. The molecule has 0 radical (unpaired) electrons. The van der Waals surface area contributed by atoms with Crippen LogP contribution < -0.4 is 5.73 Å². The smallest absolute Gasteiger partial charge is 0.253 e. The molecule has 1 amide bonds. The van der Waals surface area contributed by atoms with Gasteiger partial charge >= 0.3 is 0 Å². The van der Waals surface area contributed by atoms with Gasteiger partial charge in [0.1, 0.15) is 12.1 Å². The lowest BCUT2D eigenvalue weighted by molar-refractivity contribution is 0.0684. The van der Waals surface area contributed by atoms with Crippen LogP contribution in [0.3, 0.4) is 0 Å². The van der Waals surface area contributed by atoms with Crippen molar-refractivity contribution < 1.29 is 4.79 Å². The zero-order chi connectivity index (χ0) is 19.3. The van der Waals surface area contributed by atoms with Gasteiger partial charge in [0, 0.05) is 49.2 Å². The van der Waals surface area contributed by atoms with E-state index in [1.54, 1.807) is 6.07 Å². The number of carbonyl (C=O) groups is 1. The van der Waals surface area contributed by atoms with Gasteiger partial charge in [-0.1, -0.05) is 12.1 Å². The number of nitrogens with two attached hydrogens (primary N) is 1. The van der Waals surface area contributed by atoms with E-state index in [-0.39, 0.29) is 5.91 Å². The summed E-state index contributed by atoms with van der Waals surface area (Å²) in [5, 5.41) is 4.26. The van der Waals surface area contributed by atoms with Crippen LogP contribution in [0.2, 0.25) is 0 Å². The number of hydrogen-bond donors (Lipinski definition) is 1. The van der Waals surface area contributed by atoms with Crippen molar-refractivity contribution in [1.82, 2.24) is 24.6 Å². The quantitative estimate of drug-likeness (QED) is 0.739. The highest BCUT2D eigenvalue weighted by molar-refractivity contribution is 5.95. The molecule has 0 bridgehead atoms. The normalized spacial score (nSPS) is 14.9. The molecule has 1 aliphatic rings. The lowest BCUT2D eigenvalue weighted by atomic mass is 9.93. The number of piperidine rings is 1. The molecule has 0 aliphatic carbocycles. The van der Waals surface area contributed by atoms with Crippen molar-refractivity contribution in [3.05, 3.63) is 60.7 Å². The lowest BCUT2D eigenvalue weighted by Crippen LogP contribution is -2.38. The van der Waals surface area contributed by atoms with E-state index in [0.29, 0.717) is 17.3 Å². The molecule has 1 aliphatic heterocycles. The maximum atomic E-state index is 13.0. The molecule has 0 unspecified atom stereocenters. The molecule has 2 aromatic heterocycles. The first-order chi connectivity index (χ1) is 13.7. The highest BCUT2D eigenvalue weighted by atomic mass is 16.2. The standard InChI is InChI=1S/C21H24N6O/c22-20-14-19(23-15-24-20)17-3-1-4-18(13-17)21(28)26-10-5-16(6-11-26)7-12-27-9-2-8-25-27/h1-4,8-9,13-16H,5-7,10-12H2,(H2,22,23,24). The molecule has 0 atom stereocenters. The van der Waals surface area contributed by atoms with E-state index in [1.165, 1.54) is 6.33 Å². The number of rotatable bonds is 5. The number of amides is 1. The van der Waals surface area contributed by atoms with E-state index in [2.05, 4.69) is 15.1 Å². The van der Waals surface area contributed by atoms with E-state index in [9.17, 15) is 4.79 Å². The molecule has 1 fully saturated rings. The molecule has 3 heterocycles. The van der Waals surface area contributed by atoms with Crippen LogP contribution in [0.25, 0.3) is 11.3 Å². The maximum absolute atomic E-state index is 13.0. The van der Waals surface area contributed by atoms with Crippen LogP contribution in [0.4, 0.5) is 5.82 Å². The number of nitrogens with zero attached hydrogens (tertiary/aromatic N) is 5. The average Bonchev–Trinajstić information content (AvgIpc) is 3.26. The summed E-state index contributed by atoms with van der Waals surface area (Å²) in [7, 11) is 0. The first-order valence-electron chi connectivity index (χ1n) is 9.64. The number of aryl methyl sites for hydroxylation is 1. The van der Waals surface area contributed by atoms with E-state index < -0.39 is 0 Å². The van der Waals surface area contributed by atoms with Gasteiger partial charge < -0.3 is 10.6 Å². The van der Waals surface area contributed by atoms with Gasteiger partial charge in [0.05, 0.1) is 5.69 Å². The minimum atomic E-state index is 0.0782. The Morgan fingerprint density at radius 3 is 2.75 bits per heavy atom. The second kappa shape index (κ2) is 8.21. The van der Waals surface area contributed by atoms with Crippen LogP contribution in [-0.4, -0.2) is 43.6 Å². The van der Waals surface area contributed by atoms with Crippen LogP contribution in [0.5, 0.6) is 0 Å². The highest BCUT2D eigenvalue weighted by Gasteiger charge is 2.23. The molecular weight excluding hydrogens is 352 g/mol. The Labute approximate surface area is 164 Å². The van der Waals surface area contributed by atoms with Gasteiger partial charge in [-0.15, -0.1) is 0 Å². The molecule has 28 heavy (non-hydrogen) atoms. The Balaban J connectivity index is 1.37. The van der Waals surface area contributed by atoms with Crippen LogP contribution >= 0.6 is 0 Å². The molecule has 7 nitrogen and oxygen atoms in total. The number of aromatic nitrogens is 4. The monoisotopic (exact) mass is 376 g/mol. The molecule has 0 spiro atoms. The predicted molar refractivity (Wildman–Crippen MR) is 107 cm³/mol. The number of hydrogen-bond acceptors (Lipinski definition) is 5. The van der Waals surface area contributed by atoms with Crippen LogP contribution in [0.1, 0.15) is 29.6 Å². The van der Waals surface area contributed by atoms with Gasteiger partial charge in [-0.3, -0.25) is 9.48 Å². The summed E-state index contributed by atoms with van der Waals surface area (Å²) < 4.78 is 1.98. The Morgan fingerprint density at radius 1 is 1.14 bits per heavy atom. The third-order valence-electron chi connectivity index (χ3n) is 5.32. The van der Waals surface area contributed by atoms with Crippen LogP contribution in [0.15, 0.2) is 55.1 Å². The van der Waals surface area contributed by atoms with E-state index >= 15 is 0 Å². The Morgan fingerprint density at radius 2 is 2.00 bits per heavy atom. The average molecular weight is 376 g/mol. The molecule has 4 rings (SSSR count). The molecule has 3 aromatic rings. The van der Waals surface area contributed by atoms with Crippen molar-refractivity contribution in [2.45, 2.75) is 25.8 Å². The van der Waals surface area contributed by atoms with Gasteiger partial charge in [-0.2, -0.15) is 5.10 Å². The number of carbonyl (C=O) groups excluding carboxylic acids is 1. The van der Waals surface area contributed by atoms with Crippen molar-refractivity contribution in [1.29, 1.82) is 0 Å². The maximum Gasteiger partial charge on any atom is 0.253 e. The Kier molecular flexibility index (Phi) is 5.32. The van der Waals surface area contributed by atoms with Gasteiger partial charge in [-0.25, -0.2) is 9.97 Å². The zero-order valence-electron chi connectivity index (χ0n) is 15.7. The van der Waals surface area contributed by atoms with Crippen molar-refractivity contribution in [2.24, 2.45) is 5.92 Å². The third-order valence-corrected chi connectivity index (χ3v) is 5.32. The largest absolute Gasteiger partial charge is 0.384 e. The Hall–Kier alpha value is -3.22. The molecule has 144 valence electrons. The fourth-order valence-corrected chi connectivity index (χ4v) is 3.70. The first kappa shape index (κ1) is 18.2. The summed E-state index contributed by atoms with van der Waals surface area (Å²) in [5.41, 5.74) is 8.02. The van der Waals surface area contributed by atoms with Crippen molar-refractivity contribution in [3.8, 4) is 11.3 Å². The van der Waals surface area contributed by atoms with Gasteiger partial charge in [0.15, 0.2) is 0 Å². The Bertz CT molecular complexity index is 932. The zero-order valence-corrected chi connectivity index (χ0v) is 15.7. The van der Waals surface area contributed by atoms with E-state index in [0.717, 1.165) is 50.2 Å².